The van der Waals surface area contributed by atoms with Gasteiger partial charge in [0.1, 0.15) is 0 Å². The van der Waals surface area contributed by atoms with Crippen molar-refractivity contribution in [3.63, 3.8) is 0 Å². The van der Waals surface area contributed by atoms with Crippen LogP contribution in [0, 0.1) is 0 Å². The highest BCUT2D eigenvalue weighted by molar-refractivity contribution is 5.19. The van der Waals surface area contributed by atoms with E-state index in [1.54, 1.807) is 0 Å². The standard InChI is InChI=1S/C12H18O/c1-3-11(10-13-4-2)12-8-6-5-7-9-12/h5-9,11H,3-4,10H2,1-2H3/t11-/m1/s1. The van der Waals surface area contributed by atoms with Crippen LogP contribution in [-0.2, 0) is 4.74 Å². The molecule has 0 N–H and O–H groups in total. The highest BCUT2D eigenvalue weighted by Gasteiger charge is 2.07. The van der Waals surface area contributed by atoms with Crippen LogP contribution in [0.2, 0.25) is 0 Å². The minimum absolute atomic E-state index is 0.557. The third-order valence-electron chi connectivity index (χ3n) is 2.29. The van der Waals surface area contributed by atoms with Crippen molar-refractivity contribution in [1.82, 2.24) is 0 Å². The second-order valence-electron chi connectivity index (χ2n) is 3.18. The first-order chi connectivity index (χ1) is 6.38. The van der Waals surface area contributed by atoms with Crippen molar-refractivity contribution in [2.45, 2.75) is 26.2 Å². The van der Waals surface area contributed by atoms with E-state index in [2.05, 4.69) is 37.3 Å². The third-order valence-corrected chi connectivity index (χ3v) is 2.29. The molecule has 0 fully saturated rings. The van der Waals surface area contributed by atoms with Gasteiger partial charge in [-0.25, -0.2) is 0 Å². The Kier molecular flexibility index (Phi) is 4.55. The average molecular weight is 178 g/mol. The number of ether oxygens (including phenoxy) is 1. The molecular weight excluding hydrogens is 160 g/mol. The second-order valence-corrected chi connectivity index (χ2v) is 3.18. The van der Waals surface area contributed by atoms with Gasteiger partial charge in [0, 0.05) is 12.5 Å². The lowest BCUT2D eigenvalue weighted by molar-refractivity contribution is 0.131. The van der Waals surface area contributed by atoms with E-state index in [9.17, 15) is 0 Å². The van der Waals surface area contributed by atoms with Crippen molar-refractivity contribution in [3.8, 4) is 0 Å². The van der Waals surface area contributed by atoms with Crippen molar-refractivity contribution in [3.05, 3.63) is 35.9 Å². The van der Waals surface area contributed by atoms with Crippen LogP contribution in [0.15, 0.2) is 30.3 Å². The van der Waals surface area contributed by atoms with E-state index in [-0.39, 0.29) is 0 Å². The van der Waals surface area contributed by atoms with Crippen LogP contribution in [-0.4, -0.2) is 13.2 Å². The van der Waals surface area contributed by atoms with E-state index in [0.717, 1.165) is 19.6 Å². The fourth-order valence-electron chi connectivity index (χ4n) is 1.44. The van der Waals surface area contributed by atoms with Crippen LogP contribution in [0.4, 0.5) is 0 Å². The van der Waals surface area contributed by atoms with Gasteiger partial charge >= 0.3 is 0 Å². The molecule has 0 heterocycles. The zero-order chi connectivity index (χ0) is 9.52. The largest absolute Gasteiger partial charge is 0.381 e. The lowest BCUT2D eigenvalue weighted by Crippen LogP contribution is -2.06. The summed E-state index contributed by atoms with van der Waals surface area (Å²) < 4.78 is 5.44. The molecular formula is C12H18O. The van der Waals surface area contributed by atoms with Crippen LogP contribution >= 0.6 is 0 Å². The molecule has 1 nitrogen and oxygen atoms in total. The Balaban J connectivity index is 2.56. The molecule has 0 aliphatic carbocycles. The van der Waals surface area contributed by atoms with Gasteiger partial charge < -0.3 is 4.74 Å². The lowest BCUT2D eigenvalue weighted by Gasteiger charge is -2.14. The summed E-state index contributed by atoms with van der Waals surface area (Å²) in [5, 5.41) is 0. The summed E-state index contributed by atoms with van der Waals surface area (Å²) in [6.07, 6.45) is 1.14. The minimum Gasteiger partial charge on any atom is -0.381 e. The Morgan fingerprint density at radius 1 is 1.15 bits per heavy atom. The number of benzene rings is 1. The van der Waals surface area contributed by atoms with Crippen LogP contribution in [0.5, 0.6) is 0 Å². The molecule has 0 aliphatic rings. The van der Waals surface area contributed by atoms with Gasteiger partial charge in [-0.2, -0.15) is 0 Å². The van der Waals surface area contributed by atoms with E-state index in [1.807, 2.05) is 6.92 Å². The maximum atomic E-state index is 5.44. The van der Waals surface area contributed by atoms with Gasteiger partial charge in [-0.1, -0.05) is 37.3 Å². The monoisotopic (exact) mass is 178 g/mol. The summed E-state index contributed by atoms with van der Waals surface area (Å²) in [6.45, 7) is 5.90. The molecule has 0 saturated carbocycles. The van der Waals surface area contributed by atoms with Crippen LogP contribution in [0.3, 0.4) is 0 Å². The molecule has 0 aliphatic heterocycles. The fourth-order valence-corrected chi connectivity index (χ4v) is 1.44. The summed E-state index contributed by atoms with van der Waals surface area (Å²) in [4.78, 5) is 0. The molecule has 0 spiro atoms. The minimum atomic E-state index is 0.557. The third kappa shape index (κ3) is 3.19. The zero-order valence-electron chi connectivity index (χ0n) is 8.49. The van der Waals surface area contributed by atoms with Gasteiger partial charge in [0.25, 0.3) is 0 Å². The first kappa shape index (κ1) is 10.3. The summed E-state index contributed by atoms with van der Waals surface area (Å²) in [7, 11) is 0. The summed E-state index contributed by atoms with van der Waals surface area (Å²) in [5.74, 6) is 0.557. The van der Waals surface area contributed by atoms with Gasteiger partial charge in [-0.05, 0) is 18.9 Å². The first-order valence-electron chi connectivity index (χ1n) is 5.01. The highest BCUT2D eigenvalue weighted by Crippen LogP contribution is 2.18. The zero-order valence-corrected chi connectivity index (χ0v) is 8.49. The van der Waals surface area contributed by atoms with Crippen molar-refractivity contribution < 1.29 is 4.74 Å². The predicted molar refractivity (Wildman–Crippen MR) is 56.0 cm³/mol. The summed E-state index contributed by atoms with van der Waals surface area (Å²) in [5.41, 5.74) is 1.39. The van der Waals surface area contributed by atoms with Gasteiger partial charge in [0.15, 0.2) is 0 Å². The Labute approximate surface area is 80.7 Å². The number of hydrogen-bond acceptors (Lipinski definition) is 1. The van der Waals surface area contributed by atoms with Crippen LogP contribution < -0.4 is 0 Å². The highest BCUT2D eigenvalue weighted by atomic mass is 16.5. The Morgan fingerprint density at radius 3 is 2.38 bits per heavy atom. The predicted octanol–water partition coefficient (Wildman–Crippen LogP) is 3.22. The molecule has 72 valence electrons. The molecule has 0 amide bonds. The molecule has 0 aromatic heterocycles. The van der Waals surface area contributed by atoms with E-state index in [4.69, 9.17) is 4.74 Å². The maximum Gasteiger partial charge on any atom is 0.0534 e. The van der Waals surface area contributed by atoms with Crippen molar-refractivity contribution >= 4 is 0 Å². The average Bonchev–Trinajstić information content (AvgIpc) is 2.21. The molecule has 0 bridgehead atoms. The van der Waals surface area contributed by atoms with E-state index < -0.39 is 0 Å². The fraction of sp³-hybridized carbons (Fsp3) is 0.500. The Bertz CT molecular complexity index is 218. The molecule has 0 radical (unpaired) electrons. The molecule has 1 atom stereocenters. The summed E-state index contributed by atoms with van der Waals surface area (Å²) >= 11 is 0. The van der Waals surface area contributed by atoms with Gasteiger partial charge in [-0.15, -0.1) is 0 Å². The smallest absolute Gasteiger partial charge is 0.0534 e. The maximum absolute atomic E-state index is 5.44. The molecule has 13 heavy (non-hydrogen) atoms. The number of rotatable bonds is 5. The van der Waals surface area contributed by atoms with Crippen molar-refractivity contribution in [2.75, 3.05) is 13.2 Å². The molecule has 0 unspecified atom stereocenters. The van der Waals surface area contributed by atoms with E-state index >= 15 is 0 Å². The van der Waals surface area contributed by atoms with E-state index in [0.29, 0.717) is 5.92 Å². The van der Waals surface area contributed by atoms with Crippen molar-refractivity contribution in [1.29, 1.82) is 0 Å². The van der Waals surface area contributed by atoms with Crippen molar-refractivity contribution in [2.24, 2.45) is 0 Å². The molecule has 0 saturated heterocycles. The Hall–Kier alpha value is -0.820. The Morgan fingerprint density at radius 2 is 1.85 bits per heavy atom. The van der Waals surface area contributed by atoms with Crippen LogP contribution in [0.25, 0.3) is 0 Å². The quantitative estimate of drug-likeness (QED) is 0.672. The molecule has 1 rings (SSSR count). The second kappa shape index (κ2) is 5.76. The van der Waals surface area contributed by atoms with E-state index in [1.165, 1.54) is 5.56 Å². The normalized spacial score (nSPS) is 12.8. The topological polar surface area (TPSA) is 9.23 Å². The summed E-state index contributed by atoms with van der Waals surface area (Å²) in [6, 6.07) is 10.6. The SMILES string of the molecule is CCOC[C@@H](CC)c1ccccc1. The molecule has 1 aromatic rings. The van der Waals surface area contributed by atoms with Gasteiger partial charge in [-0.3, -0.25) is 0 Å². The number of hydrogen-bond donors (Lipinski definition) is 0. The van der Waals surface area contributed by atoms with Gasteiger partial charge in [0.2, 0.25) is 0 Å². The first-order valence-corrected chi connectivity index (χ1v) is 5.01. The molecule has 1 aromatic carbocycles. The van der Waals surface area contributed by atoms with Crippen LogP contribution in [0.1, 0.15) is 31.7 Å². The van der Waals surface area contributed by atoms with Gasteiger partial charge in [0.05, 0.1) is 6.61 Å². The lowest BCUT2D eigenvalue weighted by atomic mass is 9.98. The molecule has 1 heteroatoms.